The fourth-order valence-corrected chi connectivity index (χ4v) is 2.61. The third-order valence-corrected chi connectivity index (χ3v) is 3.70. The number of hydrogen-bond donors (Lipinski definition) is 1. The van der Waals surface area contributed by atoms with Crippen molar-refractivity contribution in [1.29, 1.82) is 0 Å². The van der Waals surface area contributed by atoms with Crippen LogP contribution in [0.5, 0.6) is 0 Å². The molecule has 0 saturated heterocycles. The van der Waals surface area contributed by atoms with Crippen molar-refractivity contribution in [3.8, 4) is 0 Å². The van der Waals surface area contributed by atoms with E-state index in [0.717, 1.165) is 6.07 Å². The van der Waals surface area contributed by atoms with Crippen LogP contribution in [0.2, 0.25) is 0 Å². The Morgan fingerprint density at radius 1 is 1.12 bits per heavy atom. The van der Waals surface area contributed by atoms with Crippen molar-refractivity contribution in [2.45, 2.75) is 13.5 Å². The Morgan fingerprint density at radius 3 is 2.60 bits per heavy atom. The van der Waals surface area contributed by atoms with E-state index >= 15 is 0 Å². The lowest BCUT2D eigenvalue weighted by atomic mass is 10.0. The number of amides is 1. The first-order valence-electron chi connectivity index (χ1n) is 7.32. The molecule has 0 aliphatic heterocycles. The first-order valence-corrected chi connectivity index (χ1v) is 7.32. The number of hydrogen-bond acceptors (Lipinski definition) is 3. The van der Waals surface area contributed by atoms with Gasteiger partial charge in [-0.3, -0.25) is 4.79 Å². The van der Waals surface area contributed by atoms with Crippen LogP contribution < -0.4 is 10.9 Å². The summed E-state index contributed by atoms with van der Waals surface area (Å²) in [6.07, 6.45) is 0. The smallest absolute Gasteiger partial charge is 0.346 e. The third-order valence-electron chi connectivity index (χ3n) is 3.70. The maximum Gasteiger partial charge on any atom is 0.346 e. The zero-order valence-corrected chi connectivity index (χ0v) is 13.0. The predicted molar refractivity (Wildman–Crippen MR) is 84.7 cm³/mol. The zero-order chi connectivity index (χ0) is 18.1. The van der Waals surface area contributed by atoms with E-state index in [9.17, 15) is 22.8 Å². The summed E-state index contributed by atoms with van der Waals surface area (Å²) in [7, 11) is 0. The number of nitrogens with one attached hydrogen (secondary N) is 1. The number of halogens is 3. The highest BCUT2D eigenvalue weighted by Crippen LogP contribution is 2.23. The van der Waals surface area contributed by atoms with Gasteiger partial charge in [0.15, 0.2) is 0 Å². The second-order valence-corrected chi connectivity index (χ2v) is 5.44. The molecule has 1 amide bonds. The number of benzene rings is 2. The molecule has 0 aliphatic carbocycles. The number of aryl methyl sites for hydroxylation is 1. The monoisotopic (exact) mass is 347 g/mol. The van der Waals surface area contributed by atoms with Gasteiger partial charge in [-0.15, -0.1) is 0 Å². The van der Waals surface area contributed by atoms with E-state index in [1.807, 2.05) is 0 Å². The summed E-state index contributed by atoms with van der Waals surface area (Å²) in [5.74, 6) is -3.25. The molecule has 0 saturated carbocycles. The van der Waals surface area contributed by atoms with Crippen LogP contribution in [-0.2, 0) is 6.54 Å². The van der Waals surface area contributed by atoms with Crippen molar-refractivity contribution in [1.82, 2.24) is 5.32 Å². The fraction of sp³-hybridized carbons (Fsp3) is 0.111. The number of carbonyl (C=O) groups excluding carboxylic acids is 1. The number of carbonyl (C=O) groups is 1. The molecular weight excluding hydrogens is 335 g/mol. The standard InChI is InChI=1S/C18H12F3NO3/c1-9-15(17(23)22-8-10-3-2-4-11(19)5-10)13-6-12(20)7-14(21)16(13)18(24)25-9/h2-7H,8H2,1H3,(H,22,23). The third kappa shape index (κ3) is 3.26. The van der Waals surface area contributed by atoms with Crippen LogP contribution >= 0.6 is 0 Å². The van der Waals surface area contributed by atoms with Gasteiger partial charge in [0.25, 0.3) is 5.91 Å². The van der Waals surface area contributed by atoms with Crippen LogP contribution in [0.25, 0.3) is 10.8 Å². The van der Waals surface area contributed by atoms with Gasteiger partial charge in [0.05, 0.1) is 5.56 Å². The predicted octanol–water partition coefficient (Wildman–Crippen LogP) is 3.45. The van der Waals surface area contributed by atoms with Crippen LogP contribution in [0.15, 0.2) is 45.6 Å². The lowest BCUT2D eigenvalue weighted by molar-refractivity contribution is 0.0949. The molecule has 0 radical (unpaired) electrons. The molecule has 2 aromatic carbocycles. The Morgan fingerprint density at radius 2 is 1.88 bits per heavy atom. The van der Waals surface area contributed by atoms with E-state index < -0.39 is 34.4 Å². The molecular formula is C18H12F3NO3. The Kier molecular flexibility index (Phi) is 4.31. The lowest BCUT2D eigenvalue weighted by Gasteiger charge is -2.10. The SMILES string of the molecule is Cc1oc(=O)c2c(F)cc(F)cc2c1C(=O)NCc1cccc(F)c1. The molecule has 1 N–H and O–H groups in total. The summed E-state index contributed by atoms with van der Waals surface area (Å²) in [6, 6.07) is 7.06. The van der Waals surface area contributed by atoms with Gasteiger partial charge in [-0.25, -0.2) is 18.0 Å². The van der Waals surface area contributed by atoms with Gasteiger partial charge in [0.1, 0.15) is 28.6 Å². The molecule has 1 aromatic heterocycles. The highest BCUT2D eigenvalue weighted by molar-refractivity contribution is 6.07. The van der Waals surface area contributed by atoms with E-state index in [1.165, 1.54) is 25.1 Å². The minimum atomic E-state index is -1.11. The highest BCUT2D eigenvalue weighted by atomic mass is 19.1. The average Bonchev–Trinajstić information content (AvgIpc) is 2.51. The highest BCUT2D eigenvalue weighted by Gasteiger charge is 2.21. The molecule has 0 bridgehead atoms. The summed E-state index contributed by atoms with van der Waals surface area (Å²) in [5, 5.41) is 1.85. The summed E-state index contributed by atoms with van der Waals surface area (Å²) < 4.78 is 45.5. The van der Waals surface area contributed by atoms with Crippen molar-refractivity contribution >= 4 is 16.7 Å². The van der Waals surface area contributed by atoms with E-state index in [1.54, 1.807) is 6.07 Å². The van der Waals surface area contributed by atoms with Gasteiger partial charge in [-0.2, -0.15) is 0 Å². The normalized spacial score (nSPS) is 10.9. The summed E-state index contributed by atoms with van der Waals surface area (Å²) >= 11 is 0. The lowest BCUT2D eigenvalue weighted by Crippen LogP contribution is -2.25. The second kappa shape index (κ2) is 6.43. The summed E-state index contributed by atoms with van der Waals surface area (Å²) in [6.45, 7) is 1.34. The van der Waals surface area contributed by atoms with Crippen molar-refractivity contribution in [2.24, 2.45) is 0 Å². The Balaban J connectivity index is 2.02. The van der Waals surface area contributed by atoms with E-state index in [4.69, 9.17) is 4.42 Å². The molecule has 3 rings (SSSR count). The minimum Gasteiger partial charge on any atom is -0.427 e. The molecule has 1 heterocycles. The topological polar surface area (TPSA) is 59.3 Å². The molecule has 4 nitrogen and oxygen atoms in total. The van der Waals surface area contributed by atoms with Crippen LogP contribution in [0, 0.1) is 24.4 Å². The molecule has 25 heavy (non-hydrogen) atoms. The largest absolute Gasteiger partial charge is 0.427 e. The van der Waals surface area contributed by atoms with Gasteiger partial charge in [0.2, 0.25) is 0 Å². The van der Waals surface area contributed by atoms with E-state index in [-0.39, 0.29) is 23.3 Å². The van der Waals surface area contributed by atoms with E-state index in [2.05, 4.69) is 5.32 Å². The Hall–Kier alpha value is -3.09. The van der Waals surface area contributed by atoms with Gasteiger partial charge in [-0.1, -0.05) is 12.1 Å². The molecule has 0 atom stereocenters. The van der Waals surface area contributed by atoms with Crippen molar-refractivity contribution < 1.29 is 22.4 Å². The van der Waals surface area contributed by atoms with Crippen molar-refractivity contribution in [2.75, 3.05) is 0 Å². The minimum absolute atomic E-state index is 0.00551. The molecule has 7 heteroatoms. The van der Waals surface area contributed by atoms with Crippen molar-refractivity contribution in [3.63, 3.8) is 0 Å². The molecule has 0 unspecified atom stereocenters. The molecule has 3 aromatic rings. The molecule has 0 aliphatic rings. The first kappa shape index (κ1) is 16.8. The summed E-state index contributed by atoms with van der Waals surface area (Å²) in [5.41, 5.74) is -0.638. The quantitative estimate of drug-likeness (QED) is 0.789. The van der Waals surface area contributed by atoms with Gasteiger partial charge >= 0.3 is 5.63 Å². The van der Waals surface area contributed by atoms with Gasteiger partial charge < -0.3 is 9.73 Å². The van der Waals surface area contributed by atoms with Gasteiger partial charge in [0, 0.05) is 18.0 Å². The zero-order valence-electron chi connectivity index (χ0n) is 13.0. The molecule has 0 spiro atoms. The fourth-order valence-electron chi connectivity index (χ4n) is 2.61. The maximum atomic E-state index is 13.9. The number of fused-ring (bicyclic) bond motifs is 1. The van der Waals surface area contributed by atoms with Crippen LogP contribution in [0.4, 0.5) is 13.2 Å². The molecule has 128 valence electrons. The van der Waals surface area contributed by atoms with Crippen LogP contribution in [0.1, 0.15) is 21.7 Å². The number of rotatable bonds is 3. The maximum absolute atomic E-state index is 13.9. The molecule has 0 fully saturated rings. The first-order chi connectivity index (χ1) is 11.9. The van der Waals surface area contributed by atoms with Crippen LogP contribution in [-0.4, -0.2) is 5.91 Å². The average molecular weight is 347 g/mol. The Labute approximate surface area is 139 Å². The Bertz CT molecular complexity index is 1040. The van der Waals surface area contributed by atoms with Gasteiger partial charge in [-0.05, 0) is 30.7 Å². The van der Waals surface area contributed by atoms with Crippen molar-refractivity contribution in [3.05, 3.63) is 81.2 Å². The van der Waals surface area contributed by atoms with E-state index in [0.29, 0.717) is 11.6 Å². The summed E-state index contributed by atoms with van der Waals surface area (Å²) in [4.78, 5) is 24.3. The van der Waals surface area contributed by atoms with Crippen LogP contribution in [0.3, 0.4) is 0 Å². The second-order valence-electron chi connectivity index (χ2n) is 5.44.